The average Bonchev–Trinajstić information content (AvgIpc) is 2.62. The van der Waals surface area contributed by atoms with Crippen LogP contribution in [0, 0.1) is 5.92 Å². The molecule has 0 spiro atoms. The molecule has 1 aliphatic carbocycles. The van der Waals surface area contributed by atoms with Gasteiger partial charge in [-0.05, 0) is 31.9 Å². The van der Waals surface area contributed by atoms with Gasteiger partial charge in [0, 0.05) is 12.5 Å². The van der Waals surface area contributed by atoms with Crippen molar-refractivity contribution in [2.45, 2.75) is 46.6 Å². The van der Waals surface area contributed by atoms with Crippen LogP contribution in [0.5, 0.6) is 0 Å². The van der Waals surface area contributed by atoms with Crippen molar-refractivity contribution in [2.75, 3.05) is 0 Å². The molecule has 0 bridgehead atoms. The monoisotopic (exact) mass is 390 g/mol. The van der Waals surface area contributed by atoms with Gasteiger partial charge in [-0.1, -0.05) is 49.6 Å². The number of rotatable bonds is 5. The van der Waals surface area contributed by atoms with Gasteiger partial charge in [0.25, 0.3) is 0 Å². The Morgan fingerprint density at radius 3 is 2.59 bits per heavy atom. The van der Waals surface area contributed by atoms with Crippen LogP contribution in [-0.2, 0) is 23.9 Å². The summed E-state index contributed by atoms with van der Waals surface area (Å²) in [6.07, 6.45) is 9.60. The van der Waals surface area contributed by atoms with E-state index in [0.29, 0.717) is 11.7 Å². The Kier molecular flexibility index (Phi) is 6.26. The molecule has 0 radical (unpaired) electrons. The van der Waals surface area contributed by atoms with Gasteiger partial charge in [0.2, 0.25) is 17.2 Å². The summed E-state index contributed by atoms with van der Waals surface area (Å²) in [4.78, 5) is 36.6. The van der Waals surface area contributed by atoms with E-state index in [1.807, 2.05) is 13.0 Å². The Morgan fingerprint density at radius 1 is 1.33 bits per heavy atom. The molecule has 0 aromatic carbocycles. The maximum Gasteiger partial charge on any atom is 0.304 e. The fourth-order valence-electron chi connectivity index (χ4n) is 2.80. The molecule has 144 valence electrons. The van der Waals surface area contributed by atoms with Crippen molar-refractivity contribution in [3.8, 4) is 0 Å². The quantitative estimate of drug-likeness (QED) is 0.397. The van der Waals surface area contributed by atoms with Gasteiger partial charge in [-0.3, -0.25) is 14.4 Å². The Morgan fingerprint density at radius 2 is 2.00 bits per heavy atom. The molecule has 0 fully saturated rings. The number of hydrogen-bond donors (Lipinski definition) is 0. The van der Waals surface area contributed by atoms with Gasteiger partial charge in [-0.15, -0.1) is 0 Å². The van der Waals surface area contributed by atoms with Crippen LogP contribution in [0.2, 0.25) is 0 Å². The van der Waals surface area contributed by atoms with Crippen LogP contribution in [0.15, 0.2) is 58.1 Å². The van der Waals surface area contributed by atoms with E-state index in [4.69, 9.17) is 21.1 Å². The van der Waals surface area contributed by atoms with Crippen molar-refractivity contribution in [3.05, 3.63) is 58.1 Å². The van der Waals surface area contributed by atoms with Gasteiger partial charge in [0.1, 0.15) is 12.0 Å². The van der Waals surface area contributed by atoms with Crippen LogP contribution in [0.3, 0.4) is 0 Å². The maximum absolute atomic E-state index is 12.7. The molecule has 0 unspecified atom stereocenters. The summed E-state index contributed by atoms with van der Waals surface area (Å²) in [6.45, 7) is 8.60. The molecule has 0 N–H and O–H groups in total. The number of allylic oxidation sites excluding steroid dienone is 6. The van der Waals surface area contributed by atoms with E-state index >= 15 is 0 Å². The molecule has 2 rings (SSSR count). The molecule has 0 saturated heterocycles. The number of halogens is 1. The smallest absolute Gasteiger partial charge is 0.304 e. The molecular formula is C21H23ClO5. The zero-order valence-corrected chi connectivity index (χ0v) is 16.8. The zero-order valence-electron chi connectivity index (χ0n) is 16.1. The van der Waals surface area contributed by atoms with Crippen LogP contribution in [0.1, 0.15) is 41.0 Å². The van der Waals surface area contributed by atoms with Crippen LogP contribution in [-0.4, -0.2) is 23.1 Å². The second kappa shape index (κ2) is 8.09. The molecule has 0 amide bonds. The van der Waals surface area contributed by atoms with Crippen LogP contribution in [0.4, 0.5) is 0 Å². The average molecular weight is 391 g/mol. The first kappa shape index (κ1) is 20.9. The second-order valence-electron chi connectivity index (χ2n) is 6.84. The third-order valence-corrected chi connectivity index (χ3v) is 4.86. The van der Waals surface area contributed by atoms with Gasteiger partial charge >= 0.3 is 5.97 Å². The molecule has 5 nitrogen and oxygen atoms in total. The highest BCUT2D eigenvalue weighted by molar-refractivity contribution is 6.49. The topological polar surface area (TPSA) is 69.7 Å². The van der Waals surface area contributed by atoms with Crippen LogP contribution in [0.25, 0.3) is 0 Å². The largest absolute Gasteiger partial charge is 0.464 e. The van der Waals surface area contributed by atoms with Gasteiger partial charge in [-0.2, -0.15) is 0 Å². The van der Waals surface area contributed by atoms with Gasteiger partial charge < -0.3 is 9.47 Å². The second-order valence-corrected chi connectivity index (χ2v) is 7.22. The van der Waals surface area contributed by atoms with Crippen molar-refractivity contribution >= 4 is 29.1 Å². The summed E-state index contributed by atoms with van der Waals surface area (Å²) in [7, 11) is 0. The number of carbonyl (C=O) groups is 3. The molecule has 1 aliphatic heterocycles. The molecule has 2 aliphatic rings. The van der Waals surface area contributed by atoms with Crippen molar-refractivity contribution in [1.29, 1.82) is 0 Å². The Labute approximate surface area is 164 Å². The normalized spacial score (nSPS) is 24.3. The third kappa shape index (κ3) is 4.30. The highest BCUT2D eigenvalue weighted by Crippen LogP contribution is 2.38. The number of carbonyl (C=O) groups excluding carboxylic acids is 3. The first-order chi connectivity index (χ1) is 12.6. The molecule has 6 heteroatoms. The standard InChI is InChI=1S/C21H23ClO5/c1-6-12(2)9-13(3)7-8-15-10-16-17(11-26-15)19(24)21(5,27-14(4)23)20(25)18(16)22/h7-12H,6H2,1-5H3/b8-7+,13-9+/t12-,21+/m1/s1. The summed E-state index contributed by atoms with van der Waals surface area (Å²) in [5.41, 5.74) is -0.529. The van der Waals surface area contributed by atoms with E-state index < -0.39 is 23.1 Å². The van der Waals surface area contributed by atoms with E-state index in [-0.39, 0.29) is 16.2 Å². The molecule has 27 heavy (non-hydrogen) atoms. The van der Waals surface area contributed by atoms with E-state index in [1.165, 1.54) is 19.3 Å². The number of esters is 1. The molecule has 0 aromatic heterocycles. The lowest BCUT2D eigenvalue weighted by atomic mass is 9.80. The highest BCUT2D eigenvalue weighted by atomic mass is 35.5. The number of Topliss-reactive ketones (excluding diaryl/α,β-unsaturated/α-hetero) is 2. The number of fused-ring (bicyclic) bond motifs is 1. The van der Waals surface area contributed by atoms with E-state index in [2.05, 4.69) is 19.9 Å². The Hall–Kier alpha value is -2.40. The molecule has 2 atom stereocenters. The first-order valence-electron chi connectivity index (χ1n) is 8.74. The van der Waals surface area contributed by atoms with E-state index in [9.17, 15) is 14.4 Å². The zero-order chi connectivity index (χ0) is 20.4. The van der Waals surface area contributed by atoms with Gasteiger partial charge in [0.05, 0.1) is 10.6 Å². The summed E-state index contributed by atoms with van der Waals surface area (Å²) < 4.78 is 10.5. The number of ether oxygens (including phenoxy) is 2. The minimum Gasteiger partial charge on any atom is -0.464 e. The summed E-state index contributed by atoms with van der Waals surface area (Å²) in [5.74, 6) is -1.24. The summed E-state index contributed by atoms with van der Waals surface area (Å²) >= 11 is 6.20. The molecule has 1 heterocycles. The van der Waals surface area contributed by atoms with Crippen LogP contribution >= 0.6 is 11.6 Å². The number of hydrogen-bond acceptors (Lipinski definition) is 5. The van der Waals surface area contributed by atoms with Crippen molar-refractivity contribution in [3.63, 3.8) is 0 Å². The van der Waals surface area contributed by atoms with E-state index in [1.54, 1.807) is 6.08 Å². The maximum atomic E-state index is 12.7. The summed E-state index contributed by atoms with van der Waals surface area (Å²) in [5, 5.41) is -0.161. The molecule has 0 saturated carbocycles. The minimum atomic E-state index is -1.97. The highest BCUT2D eigenvalue weighted by Gasteiger charge is 2.52. The van der Waals surface area contributed by atoms with Crippen molar-refractivity contribution < 1.29 is 23.9 Å². The Balaban J connectivity index is 2.36. The lowest BCUT2D eigenvalue weighted by molar-refractivity contribution is -0.167. The predicted octanol–water partition coefficient (Wildman–Crippen LogP) is 4.30. The lowest BCUT2D eigenvalue weighted by Crippen LogP contribution is -2.51. The predicted molar refractivity (Wildman–Crippen MR) is 103 cm³/mol. The fraction of sp³-hybridized carbons (Fsp3) is 0.381. The SMILES string of the molecule is CC[C@@H](C)/C=C(C)/C=C/C1=CC2=C(Cl)C(=O)[C@@](C)(OC(C)=O)C(=O)C2=CO1. The van der Waals surface area contributed by atoms with Crippen molar-refractivity contribution in [1.82, 2.24) is 0 Å². The van der Waals surface area contributed by atoms with E-state index in [0.717, 1.165) is 18.9 Å². The molecule has 0 aromatic rings. The fourth-order valence-corrected chi connectivity index (χ4v) is 3.13. The minimum absolute atomic E-state index is 0.104. The first-order valence-corrected chi connectivity index (χ1v) is 9.12. The van der Waals surface area contributed by atoms with Crippen LogP contribution < -0.4 is 0 Å². The number of ketones is 2. The Bertz CT molecular complexity index is 841. The lowest BCUT2D eigenvalue weighted by Gasteiger charge is -2.32. The summed E-state index contributed by atoms with van der Waals surface area (Å²) in [6, 6.07) is 0. The van der Waals surface area contributed by atoms with Gasteiger partial charge in [-0.25, -0.2) is 0 Å². The third-order valence-electron chi connectivity index (χ3n) is 4.49. The molecular weight excluding hydrogens is 368 g/mol. The van der Waals surface area contributed by atoms with Crippen molar-refractivity contribution in [2.24, 2.45) is 5.92 Å². The van der Waals surface area contributed by atoms with Gasteiger partial charge in [0.15, 0.2) is 0 Å².